The van der Waals surface area contributed by atoms with E-state index in [1.807, 2.05) is 26.8 Å². The van der Waals surface area contributed by atoms with Crippen molar-refractivity contribution in [3.63, 3.8) is 0 Å². The van der Waals surface area contributed by atoms with E-state index < -0.39 is 12.3 Å². The molecular formula is C13H14O5. The lowest BCUT2D eigenvalue weighted by molar-refractivity contribution is 0.0997. The number of cyclic esters (lactones) is 2. The van der Waals surface area contributed by atoms with E-state index in [9.17, 15) is 9.59 Å². The summed E-state index contributed by atoms with van der Waals surface area (Å²) < 4.78 is 14.1. The molecule has 1 aromatic carbocycles. The first-order chi connectivity index (χ1) is 8.27. The second kappa shape index (κ2) is 4.01. The molecular weight excluding hydrogens is 236 g/mol. The van der Waals surface area contributed by atoms with E-state index in [4.69, 9.17) is 9.47 Å². The van der Waals surface area contributed by atoms with Crippen molar-refractivity contribution < 1.29 is 23.8 Å². The fourth-order valence-electron chi connectivity index (χ4n) is 1.66. The Labute approximate surface area is 105 Å². The molecule has 0 saturated heterocycles. The van der Waals surface area contributed by atoms with E-state index in [0.717, 1.165) is 5.56 Å². The maximum absolute atomic E-state index is 11.2. The largest absolute Gasteiger partial charge is 0.524 e. The number of ether oxygens (including phenoxy) is 3. The van der Waals surface area contributed by atoms with Crippen LogP contribution in [0.2, 0.25) is 0 Å². The number of rotatable bonds is 0. The number of fused-ring (bicyclic) bond motifs is 1. The number of carbonyl (C=O) groups excluding carboxylic acids is 2. The Bertz CT molecular complexity index is 525. The van der Waals surface area contributed by atoms with Crippen molar-refractivity contribution in [1.29, 1.82) is 0 Å². The summed E-state index contributed by atoms with van der Waals surface area (Å²) in [6, 6.07) is 3.58. The Balaban J connectivity index is 2.56. The highest BCUT2D eigenvalue weighted by atomic mass is 16.8. The van der Waals surface area contributed by atoms with Crippen LogP contribution in [0, 0.1) is 6.92 Å². The summed E-state index contributed by atoms with van der Waals surface area (Å²) in [5.74, 6) is 0.426. The summed E-state index contributed by atoms with van der Waals surface area (Å²) in [6.45, 7) is 7.89. The van der Waals surface area contributed by atoms with Crippen molar-refractivity contribution in [2.45, 2.75) is 33.1 Å². The SMILES string of the molecule is Cc1cc(C(C)(C)C)cc2c1OC(=O)OC(=O)O2. The number of hydrogen-bond donors (Lipinski definition) is 0. The molecule has 0 aromatic heterocycles. The third-order valence-corrected chi connectivity index (χ3v) is 2.65. The van der Waals surface area contributed by atoms with Gasteiger partial charge in [-0.1, -0.05) is 26.8 Å². The number of carbonyl (C=O) groups is 2. The second-order valence-corrected chi connectivity index (χ2v) is 5.18. The molecule has 0 aliphatic carbocycles. The molecule has 1 aliphatic rings. The zero-order chi connectivity index (χ0) is 13.5. The van der Waals surface area contributed by atoms with Crippen LogP contribution in [-0.4, -0.2) is 12.3 Å². The number of hydrogen-bond acceptors (Lipinski definition) is 5. The topological polar surface area (TPSA) is 61.8 Å². The van der Waals surface area contributed by atoms with Crippen LogP contribution in [0.3, 0.4) is 0 Å². The van der Waals surface area contributed by atoms with Crippen LogP contribution in [0.4, 0.5) is 9.59 Å². The molecule has 0 amide bonds. The third-order valence-electron chi connectivity index (χ3n) is 2.65. The molecule has 0 saturated carbocycles. The molecule has 18 heavy (non-hydrogen) atoms. The van der Waals surface area contributed by atoms with Gasteiger partial charge in [0.2, 0.25) is 0 Å². The van der Waals surface area contributed by atoms with E-state index >= 15 is 0 Å². The van der Waals surface area contributed by atoms with Gasteiger partial charge in [-0.25, -0.2) is 9.59 Å². The Hall–Kier alpha value is -2.04. The van der Waals surface area contributed by atoms with Crippen LogP contribution in [-0.2, 0) is 10.2 Å². The molecule has 0 N–H and O–H groups in total. The lowest BCUT2D eigenvalue weighted by atomic mass is 9.86. The maximum atomic E-state index is 11.2. The van der Waals surface area contributed by atoms with E-state index in [-0.39, 0.29) is 16.9 Å². The minimum Gasteiger partial charge on any atom is -0.391 e. The molecule has 1 heterocycles. The van der Waals surface area contributed by atoms with E-state index in [2.05, 4.69) is 4.74 Å². The fourth-order valence-corrected chi connectivity index (χ4v) is 1.66. The van der Waals surface area contributed by atoms with Gasteiger partial charge >= 0.3 is 12.3 Å². The smallest absolute Gasteiger partial charge is 0.391 e. The third kappa shape index (κ3) is 2.30. The van der Waals surface area contributed by atoms with Gasteiger partial charge in [0, 0.05) is 0 Å². The summed E-state index contributed by atoms with van der Waals surface area (Å²) in [6.07, 6.45) is -2.16. The van der Waals surface area contributed by atoms with Crippen LogP contribution in [0.15, 0.2) is 12.1 Å². The van der Waals surface area contributed by atoms with Gasteiger partial charge in [0.05, 0.1) is 0 Å². The van der Waals surface area contributed by atoms with Gasteiger partial charge in [0.15, 0.2) is 11.5 Å². The van der Waals surface area contributed by atoms with Crippen LogP contribution in [0.5, 0.6) is 11.5 Å². The van der Waals surface area contributed by atoms with Gasteiger partial charge in [-0.2, -0.15) is 0 Å². The molecule has 0 atom stereocenters. The molecule has 5 heteroatoms. The Morgan fingerprint density at radius 2 is 1.56 bits per heavy atom. The Morgan fingerprint density at radius 1 is 0.944 bits per heavy atom. The van der Waals surface area contributed by atoms with Crippen molar-refractivity contribution in [3.8, 4) is 11.5 Å². The molecule has 2 rings (SSSR count). The average molecular weight is 250 g/mol. The van der Waals surface area contributed by atoms with Crippen LogP contribution < -0.4 is 9.47 Å². The maximum Gasteiger partial charge on any atom is 0.524 e. The first-order valence-corrected chi connectivity index (χ1v) is 5.54. The fraction of sp³-hybridized carbons (Fsp3) is 0.385. The molecule has 1 aromatic rings. The van der Waals surface area contributed by atoms with E-state index in [1.54, 1.807) is 13.0 Å². The Kier molecular flexibility index (Phi) is 2.77. The Morgan fingerprint density at radius 3 is 2.17 bits per heavy atom. The number of aryl methyl sites for hydroxylation is 1. The summed E-state index contributed by atoms with van der Waals surface area (Å²) in [5, 5.41) is 0. The van der Waals surface area contributed by atoms with Crippen molar-refractivity contribution in [1.82, 2.24) is 0 Å². The van der Waals surface area contributed by atoms with Crippen molar-refractivity contribution in [3.05, 3.63) is 23.3 Å². The molecule has 5 nitrogen and oxygen atoms in total. The second-order valence-electron chi connectivity index (χ2n) is 5.18. The predicted octanol–water partition coefficient (Wildman–Crippen LogP) is 3.32. The molecule has 1 aliphatic heterocycles. The molecule has 0 unspecified atom stereocenters. The zero-order valence-electron chi connectivity index (χ0n) is 10.7. The average Bonchev–Trinajstić information content (AvgIpc) is 2.34. The predicted molar refractivity (Wildman–Crippen MR) is 63.0 cm³/mol. The van der Waals surface area contributed by atoms with Crippen molar-refractivity contribution >= 4 is 12.3 Å². The minimum absolute atomic E-state index is 0.108. The summed E-state index contributed by atoms with van der Waals surface area (Å²) in [5.41, 5.74) is 1.58. The number of benzene rings is 1. The first-order valence-electron chi connectivity index (χ1n) is 5.54. The van der Waals surface area contributed by atoms with E-state index in [0.29, 0.717) is 5.56 Å². The normalized spacial score (nSPS) is 15.1. The minimum atomic E-state index is -1.08. The zero-order valence-corrected chi connectivity index (χ0v) is 10.7. The van der Waals surface area contributed by atoms with Gasteiger partial charge in [0.25, 0.3) is 0 Å². The van der Waals surface area contributed by atoms with Crippen LogP contribution in [0.25, 0.3) is 0 Å². The lowest BCUT2D eigenvalue weighted by Crippen LogP contribution is -2.14. The van der Waals surface area contributed by atoms with Crippen LogP contribution >= 0.6 is 0 Å². The summed E-state index contributed by atoms with van der Waals surface area (Å²) in [4.78, 5) is 22.3. The molecule has 0 bridgehead atoms. The van der Waals surface area contributed by atoms with Gasteiger partial charge < -0.3 is 14.2 Å². The van der Waals surface area contributed by atoms with Gasteiger partial charge in [-0.15, -0.1) is 0 Å². The highest BCUT2D eigenvalue weighted by Gasteiger charge is 2.27. The van der Waals surface area contributed by atoms with E-state index in [1.165, 1.54) is 0 Å². The monoisotopic (exact) mass is 250 g/mol. The molecule has 0 fully saturated rings. The van der Waals surface area contributed by atoms with Crippen molar-refractivity contribution in [2.75, 3.05) is 0 Å². The molecule has 0 radical (unpaired) electrons. The van der Waals surface area contributed by atoms with Gasteiger partial charge in [-0.05, 0) is 29.5 Å². The summed E-state index contributed by atoms with van der Waals surface area (Å²) in [7, 11) is 0. The van der Waals surface area contributed by atoms with Gasteiger partial charge in [-0.3, -0.25) is 0 Å². The van der Waals surface area contributed by atoms with Crippen LogP contribution in [0.1, 0.15) is 31.9 Å². The standard InChI is InChI=1S/C13H14O5/c1-7-5-8(13(2,3)4)6-9-10(7)17-12(15)18-11(14)16-9/h5-6H,1-4H3. The highest BCUT2D eigenvalue weighted by Crippen LogP contribution is 2.38. The van der Waals surface area contributed by atoms with Gasteiger partial charge in [0.1, 0.15) is 0 Å². The lowest BCUT2D eigenvalue weighted by Gasteiger charge is -2.21. The van der Waals surface area contributed by atoms with Crippen molar-refractivity contribution in [2.24, 2.45) is 0 Å². The quantitative estimate of drug-likeness (QED) is 0.401. The highest BCUT2D eigenvalue weighted by molar-refractivity contribution is 5.83. The first kappa shape index (κ1) is 12.4. The molecule has 0 spiro atoms. The molecule has 96 valence electrons. The summed E-state index contributed by atoms with van der Waals surface area (Å²) >= 11 is 0.